The molecule has 0 aromatic heterocycles. The molecule has 0 unspecified atom stereocenters. The summed E-state index contributed by atoms with van der Waals surface area (Å²) >= 11 is 0. The molecule has 1 aliphatic carbocycles. The number of benzene rings is 1. The number of aryl methyl sites for hydroxylation is 1. The Morgan fingerprint density at radius 3 is 2.52 bits per heavy atom. The minimum Gasteiger partial charge on any atom is -0.463 e. The second-order valence-electron chi connectivity index (χ2n) is 9.09. The molecule has 2 rings (SSSR count). The van der Waals surface area contributed by atoms with E-state index in [1.54, 1.807) is 0 Å². The Morgan fingerprint density at radius 2 is 1.81 bits per heavy atom. The smallest absolute Gasteiger partial charge is 0.306 e. The second kappa shape index (κ2) is 13.7. The number of hydrogen-bond donors (Lipinski definition) is 3. The zero-order valence-corrected chi connectivity index (χ0v) is 19.0. The fourth-order valence-electron chi connectivity index (χ4n) is 4.47. The Bertz CT molecular complexity index is 657. The molecule has 1 aliphatic rings. The first-order valence-electron chi connectivity index (χ1n) is 11.8. The lowest BCUT2D eigenvalue weighted by Crippen LogP contribution is -2.23. The van der Waals surface area contributed by atoms with Crippen molar-refractivity contribution in [3.8, 4) is 0 Å². The topological polar surface area (TPSA) is 87.0 Å². The van der Waals surface area contributed by atoms with Crippen LogP contribution in [0.5, 0.6) is 0 Å². The van der Waals surface area contributed by atoms with Crippen molar-refractivity contribution in [2.24, 2.45) is 11.8 Å². The highest BCUT2D eigenvalue weighted by atomic mass is 16.5. The lowest BCUT2D eigenvalue weighted by molar-refractivity contribution is -0.147. The van der Waals surface area contributed by atoms with E-state index in [0.717, 1.165) is 19.3 Å². The van der Waals surface area contributed by atoms with Crippen molar-refractivity contribution < 1.29 is 24.9 Å². The average molecular weight is 433 g/mol. The first-order chi connectivity index (χ1) is 14.9. The van der Waals surface area contributed by atoms with Gasteiger partial charge in [-0.1, -0.05) is 42.5 Å². The number of carbonyl (C=O) groups excluding carboxylic acids is 1. The molecule has 5 heteroatoms. The van der Waals surface area contributed by atoms with Gasteiger partial charge in [0.15, 0.2) is 0 Å². The molecule has 0 radical (unpaired) electrons. The van der Waals surface area contributed by atoms with Gasteiger partial charge >= 0.3 is 5.97 Å². The summed E-state index contributed by atoms with van der Waals surface area (Å²) < 4.78 is 5.12. The Morgan fingerprint density at radius 1 is 1.10 bits per heavy atom. The molecule has 0 aliphatic heterocycles. The maximum Gasteiger partial charge on any atom is 0.306 e. The van der Waals surface area contributed by atoms with Crippen molar-refractivity contribution in [1.29, 1.82) is 0 Å². The van der Waals surface area contributed by atoms with Gasteiger partial charge in [0.2, 0.25) is 0 Å². The zero-order chi connectivity index (χ0) is 22.6. The summed E-state index contributed by atoms with van der Waals surface area (Å²) in [6, 6.07) is 10.1. The van der Waals surface area contributed by atoms with E-state index in [2.05, 4.69) is 18.2 Å². The molecule has 3 N–H and O–H groups in total. The lowest BCUT2D eigenvalue weighted by Gasteiger charge is -2.23. The summed E-state index contributed by atoms with van der Waals surface area (Å²) in [5, 5.41) is 31.2. The minimum atomic E-state index is -0.513. The summed E-state index contributed by atoms with van der Waals surface area (Å²) in [4.78, 5) is 11.5. The molecule has 174 valence electrons. The highest BCUT2D eigenvalue weighted by molar-refractivity contribution is 5.69. The molecular weight excluding hydrogens is 392 g/mol. The first kappa shape index (κ1) is 25.6. The first-order valence-corrected chi connectivity index (χ1v) is 11.8. The molecule has 31 heavy (non-hydrogen) atoms. The van der Waals surface area contributed by atoms with Crippen LogP contribution in [0.3, 0.4) is 0 Å². The van der Waals surface area contributed by atoms with Crippen molar-refractivity contribution in [3.63, 3.8) is 0 Å². The monoisotopic (exact) mass is 432 g/mol. The van der Waals surface area contributed by atoms with Crippen molar-refractivity contribution in [3.05, 3.63) is 48.0 Å². The Kier molecular flexibility index (Phi) is 11.3. The third-order valence-corrected chi connectivity index (χ3v) is 6.16. The predicted molar refractivity (Wildman–Crippen MR) is 122 cm³/mol. The van der Waals surface area contributed by atoms with Crippen molar-refractivity contribution >= 4 is 5.97 Å². The molecule has 5 nitrogen and oxygen atoms in total. The van der Waals surface area contributed by atoms with E-state index in [4.69, 9.17) is 4.74 Å². The summed E-state index contributed by atoms with van der Waals surface area (Å²) in [5.41, 5.74) is 1.22. The van der Waals surface area contributed by atoms with Gasteiger partial charge in [0.1, 0.15) is 0 Å². The maximum absolute atomic E-state index is 11.5. The average Bonchev–Trinajstić information content (AvgIpc) is 3.00. The molecule has 1 fully saturated rings. The molecule has 0 heterocycles. The summed E-state index contributed by atoms with van der Waals surface area (Å²) in [5.74, 6) is -0.144. The van der Waals surface area contributed by atoms with Gasteiger partial charge in [0.05, 0.1) is 24.4 Å². The lowest BCUT2D eigenvalue weighted by atomic mass is 9.85. The number of allylic oxidation sites excluding steroid dienone is 2. The van der Waals surface area contributed by atoms with Crippen molar-refractivity contribution in [2.45, 2.75) is 96.1 Å². The number of rotatable bonds is 13. The van der Waals surface area contributed by atoms with E-state index in [1.165, 1.54) is 5.56 Å². The summed E-state index contributed by atoms with van der Waals surface area (Å²) in [6.07, 6.45) is 8.58. The molecule has 5 atom stereocenters. The van der Waals surface area contributed by atoms with E-state index in [-0.39, 0.29) is 23.9 Å². The molecule has 0 spiro atoms. The van der Waals surface area contributed by atoms with Gasteiger partial charge in [0, 0.05) is 6.42 Å². The summed E-state index contributed by atoms with van der Waals surface area (Å²) in [6.45, 7) is 3.69. The van der Waals surface area contributed by atoms with E-state index >= 15 is 0 Å². The highest BCUT2D eigenvalue weighted by Crippen LogP contribution is 2.38. The molecule has 1 aromatic rings. The SMILES string of the molecule is CC(C)OC(=O)CCC/C=C\C[C@H]1[C@@H](CC[C@H](O)CCc2ccccc2)[C@H](O)C[C@H]1O. The second-order valence-corrected chi connectivity index (χ2v) is 9.09. The van der Waals surface area contributed by atoms with Crippen LogP contribution in [0.2, 0.25) is 0 Å². The predicted octanol–water partition coefficient (Wildman–Crippen LogP) is 4.19. The van der Waals surface area contributed by atoms with Crippen molar-refractivity contribution in [2.75, 3.05) is 0 Å². The van der Waals surface area contributed by atoms with E-state index in [0.29, 0.717) is 38.5 Å². The van der Waals surface area contributed by atoms with Gasteiger partial charge in [-0.3, -0.25) is 4.79 Å². The van der Waals surface area contributed by atoms with Gasteiger partial charge in [-0.05, 0) is 82.6 Å². The Hall–Kier alpha value is -1.69. The molecular formula is C26H40O5. The number of carbonyl (C=O) groups is 1. The Balaban J connectivity index is 1.70. The van der Waals surface area contributed by atoms with Crippen LogP contribution < -0.4 is 0 Å². The molecule has 0 bridgehead atoms. The van der Waals surface area contributed by atoms with Gasteiger partial charge < -0.3 is 20.1 Å². The number of esters is 1. The molecule has 0 saturated heterocycles. The van der Waals surface area contributed by atoms with Crippen LogP contribution >= 0.6 is 0 Å². The van der Waals surface area contributed by atoms with Crippen molar-refractivity contribution in [1.82, 2.24) is 0 Å². The molecule has 1 aromatic carbocycles. The quantitative estimate of drug-likeness (QED) is 0.247. The number of ether oxygens (including phenoxy) is 1. The van der Waals surface area contributed by atoms with Crippen LogP contribution in [-0.4, -0.2) is 45.7 Å². The Labute approximate surface area is 187 Å². The maximum atomic E-state index is 11.5. The largest absolute Gasteiger partial charge is 0.463 e. The van der Waals surface area contributed by atoms with Crippen LogP contribution in [0.4, 0.5) is 0 Å². The molecule has 1 saturated carbocycles. The zero-order valence-electron chi connectivity index (χ0n) is 19.0. The number of unbranched alkanes of at least 4 members (excludes halogenated alkanes) is 1. The van der Waals surface area contributed by atoms with E-state index in [9.17, 15) is 20.1 Å². The van der Waals surface area contributed by atoms with Crippen LogP contribution in [0.15, 0.2) is 42.5 Å². The fourth-order valence-corrected chi connectivity index (χ4v) is 4.47. The number of hydrogen-bond acceptors (Lipinski definition) is 5. The van der Waals surface area contributed by atoms with E-state index in [1.807, 2.05) is 38.1 Å². The van der Waals surface area contributed by atoms with Gasteiger partial charge in [-0.25, -0.2) is 0 Å². The highest BCUT2D eigenvalue weighted by Gasteiger charge is 2.40. The summed E-state index contributed by atoms with van der Waals surface area (Å²) in [7, 11) is 0. The van der Waals surface area contributed by atoms with Gasteiger partial charge in [-0.15, -0.1) is 0 Å². The van der Waals surface area contributed by atoms with E-state index < -0.39 is 18.3 Å². The third-order valence-electron chi connectivity index (χ3n) is 6.16. The third kappa shape index (κ3) is 9.55. The van der Waals surface area contributed by atoms with Crippen LogP contribution in [0.1, 0.15) is 70.8 Å². The molecule has 0 amide bonds. The van der Waals surface area contributed by atoms with Gasteiger partial charge in [0.25, 0.3) is 0 Å². The van der Waals surface area contributed by atoms with Crippen LogP contribution in [-0.2, 0) is 16.0 Å². The van der Waals surface area contributed by atoms with Crippen LogP contribution in [0.25, 0.3) is 0 Å². The van der Waals surface area contributed by atoms with Gasteiger partial charge in [-0.2, -0.15) is 0 Å². The standard InChI is InChI=1S/C26H40O5/c1-19(2)31-26(30)13-9-4-3-8-12-22-23(25(29)18-24(22)28)17-16-21(27)15-14-20-10-6-5-7-11-20/h3,5-8,10-11,19,21-25,27-29H,4,9,12-18H2,1-2H3/b8-3-/t21-,22+,23-,24-,25-/m1/s1. The minimum absolute atomic E-state index is 0.00652. The van der Waals surface area contributed by atoms with Crippen LogP contribution in [0, 0.1) is 11.8 Å². The fraction of sp³-hybridized carbons (Fsp3) is 0.654. The number of aliphatic hydroxyl groups is 3. The number of aliphatic hydroxyl groups excluding tert-OH is 3. The normalized spacial score (nSPS) is 24.7.